The summed E-state index contributed by atoms with van der Waals surface area (Å²) in [6.07, 6.45) is 4.30. The van der Waals surface area contributed by atoms with Crippen LogP contribution in [0.15, 0.2) is 36.4 Å². The molecule has 1 saturated carbocycles. The summed E-state index contributed by atoms with van der Waals surface area (Å²) in [6, 6.07) is 9.21. The Bertz CT molecular complexity index is 1340. The van der Waals surface area contributed by atoms with Crippen molar-refractivity contribution in [2.24, 2.45) is 0 Å². The molecule has 0 bridgehead atoms. The molecular formula is C30H32FN3O5. The van der Waals surface area contributed by atoms with Gasteiger partial charge in [-0.15, -0.1) is 0 Å². The average Bonchev–Trinajstić information content (AvgIpc) is 3.48. The van der Waals surface area contributed by atoms with E-state index in [0.717, 1.165) is 50.3 Å². The Morgan fingerprint density at radius 2 is 1.85 bits per heavy atom. The number of hydrogen-bond acceptors (Lipinski definition) is 7. The second-order valence-corrected chi connectivity index (χ2v) is 11.1. The van der Waals surface area contributed by atoms with E-state index < -0.39 is 23.6 Å². The monoisotopic (exact) mass is 533 g/mol. The fraction of sp³-hybridized carbons (Fsp3) is 0.467. The van der Waals surface area contributed by atoms with E-state index in [9.17, 15) is 19.2 Å². The molecule has 8 nitrogen and oxygen atoms in total. The average molecular weight is 534 g/mol. The number of anilines is 1. The van der Waals surface area contributed by atoms with Gasteiger partial charge in [-0.1, -0.05) is 18.2 Å². The number of carbonyl (C=O) groups is 4. The highest BCUT2D eigenvalue weighted by Gasteiger charge is 2.45. The first-order chi connectivity index (χ1) is 18.8. The molecule has 2 amide bonds. The van der Waals surface area contributed by atoms with Crippen molar-refractivity contribution in [1.29, 1.82) is 0 Å². The van der Waals surface area contributed by atoms with Crippen LogP contribution in [0.5, 0.6) is 0 Å². The number of benzene rings is 2. The number of ketones is 2. The van der Waals surface area contributed by atoms with Crippen LogP contribution in [0.25, 0.3) is 0 Å². The zero-order valence-corrected chi connectivity index (χ0v) is 21.8. The van der Waals surface area contributed by atoms with Gasteiger partial charge >= 0.3 is 0 Å². The van der Waals surface area contributed by atoms with Crippen molar-refractivity contribution >= 4 is 29.1 Å². The van der Waals surface area contributed by atoms with E-state index in [-0.39, 0.29) is 54.1 Å². The van der Waals surface area contributed by atoms with E-state index in [1.54, 1.807) is 18.2 Å². The lowest BCUT2D eigenvalue weighted by atomic mass is 9.88. The first kappa shape index (κ1) is 25.8. The number of fused-ring (bicyclic) bond motifs is 1. The van der Waals surface area contributed by atoms with Crippen molar-refractivity contribution < 1.29 is 28.3 Å². The van der Waals surface area contributed by atoms with Crippen molar-refractivity contribution in [3.8, 4) is 0 Å². The van der Waals surface area contributed by atoms with Crippen molar-refractivity contribution in [2.45, 2.75) is 69.7 Å². The quantitative estimate of drug-likeness (QED) is 0.445. The Kier molecular flexibility index (Phi) is 6.81. The highest BCUT2D eigenvalue weighted by molar-refractivity contribution is 6.25. The highest BCUT2D eigenvalue weighted by atomic mass is 19.1. The van der Waals surface area contributed by atoms with Crippen LogP contribution in [0.4, 0.5) is 10.1 Å². The molecule has 9 heteroatoms. The number of imide groups is 1. The number of piperidine rings is 1. The normalized spacial score (nSPS) is 23.1. The Hall–Kier alpha value is -3.43. The second kappa shape index (κ2) is 10.3. The molecule has 3 heterocycles. The van der Waals surface area contributed by atoms with Gasteiger partial charge in [0.25, 0.3) is 11.8 Å². The smallest absolute Gasteiger partial charge is 0.264 e. The van der Waals surface area contributed by atoms with Crippen LogP contribution in [0.3, 0.4) is 0 Å². The Morgan fingerprint density at radius 1 is 1.03 bits per heavy atom. The van der Waals surface area contributed by atoms with Crippen LogP contribution in [-0.4, -0.2) is 64.5 Å². The van der Waals surface area contributed by atoms with Crippen molar-refractivity contribution in [2.75, 3.05) is 25.0 Å². The van der Waals surface area contributed by atoms with Crippen LogP contribution in [-0.2, 0) is 27.4 Å². The third-order valence-corrected chi connectivity index (χ3v) is 8.64. The van der Waals surface area contributed by atoms with E-state index in [1.807, 2.05) is 12.1 Å². The number of ether oxygens (including phenoxy) is 1. The topological polar surface area (TPSA) is 96.0 Å². The van der Waals surface area contributed by atoms with E-state index in [1.165, 1.54) is 6.07 Å². The number of likely N-dealkylation sites (tertiary alicyclic amines) is 1. The third kappa shape index (κ3) is 4.89. The zero-order valence-electron chi connectivity index (χ0n) is 21.8. The minimum atomic E-state index is -0.916. The lowest BCUT2D eigenvalue weighted by Gasteiger charge is -2.38. The molecule has 2 aromatic rings. The highest BCUT2D eigenvalue weighted by Crippen LogP contribution is 2.36. The van der Waals surface area contributed by atoms with Crippen molar-refractivity contribution in [3.05, 3.63) is 64.5 Å². The molecule has 3 aliphatic heterocycles. The fourth-order valence-corrected chi connectivity index (χ4v) is 6.40. The number of amides is 2. The second-order valence-electron chi connectivity index (χ2n) is 11.1. The first-order valence-electron chi connectivity index (χ1n) is 13.8. The molecule has 1 unspecified atom stereocenters. The minimum absolute atomic E-state index is 0.0379. The predicted octanol–water partition coefficient (Wildman–Crippen LogP) is 3.87. The van der Waals surface area contributed by atoms with E-state index in [4.69, 9.17) is 4.74 Å². The van der Waals surface area contributed by atoms with E-state index in [2.05, 4.69) is 10.2 Å². The molecule has 1 aliphatic carbocycles. The van der Waals surface area contributed by atoms with Gasteiger partial charge in [-0.25, -0.2) is 4.39 Å². The Balaban J connectivity index is 1.11. The zero-order chi connectivity index (χ0) is 27.1. The van der Waals surface area contributed by atoms with Crippen LogP contribution in [0, 0.1) is 5.82 Å². The van der Waals surface area contributed by atoms with E-state index in [0.29, 0.717) is 23.4 Å². The van der Waals surface area contributed by atoms with Crippen LogP contribution in [0.2, 0.25) is 0 Å². The van der Waals surface area contributed by atoms with Crippen LogP contribution >= 0.6 is 0 Å². The third-order valence-electron chi connectivity index (χ3n) is 8.64. The predicted molar refractivity (Wildman–Crippen MR) is 141 cm³/mol. The molecule has 3 fully saturated rings. The SMILES string of the molecule is O=C1CCC(N2C(=O)c3cccc(NCc4ccc(CN5CCC6(CCCO6)CC5)c(F)c4)c3C2=O)C(=O)C1. The van der Waals surface area contributed by atoms with Gasteiger partial charge in [-0.3, -0.25) is 29.0 Å². The molecular weight excluding hydrogens is 501 g/mol. The number of hydrogen-bond donors (Lipinski definition) is 1. The lowest BCUT2D eigenvalue weighted by molar-refractivity contribution is -0.132. The lowest BCUT2D eigenvalue weighted by Crippen LogP contribution is -2.47. The van der Waals surface area contributed by atoms with Gasteiger partial charge in [0.2, 0.25) is 0 Å². The molecule has 0 aromatic heterocycles. The number of carbonyl (C=O) groups excluding carboxylic acids is 4. The standard InChI is InChI=1S/C30H32FN3O5/c31-23-15-19(5-6-20(23)18-33-12-10-30(11-13-33)9-2-14-39-30)17-32-24-4-1-3-22-27(24)29(38)34(28(22)37)25-8-7-21(35)16-26(25)36/h1,3-6,15,25,32H,2,7-14,16-18H2. The first-order valence-corrected chi connectivity index (χ1v) is 13.8. The number of nitrogens with zero attached hydrogens (tertiary/aromatic N) is 2. The molecule has 6 rings (SSSR count). The number of rotatable bonds is 6. The van der Waals surface area contributed by atoms with E-state index >= 15 is 4.39 Å². The summed E-state index contributed by atoms with van der Waals surface area (Å²) in [5, 5.41) is 3.18. The maximum Gasteiger partial charge on any atom is 0.264 e. The molecule has 1 N–H and O–H groups in total. The molecule has 0 radical (unpaired) electrons. The molecule has 39 heavy (non-hydrogen) atoms. The summed E-state index contributed by atoms with van der Waals surface area (Å²) in [4.78, 5) is 53.7. The van der Waals surface area contributed by atoms with Gasteiger partial charge in [-0.2, -0.15) is 0 Å². The van der Waals surface area contributed by atoms with Crippen LogP contribution < -0.4 is 5.32 Å². The maximum atomic E-state index is 15.0. The molecule has 2 saturated heterocycles. The van der Waals surface area contributed by atoms with Gasteiger partial charge in [-0.05, 0) is 55.9 Å². The maximum absolute atomic E-state index is 15.0. The Morgan fingerprint density at radius 3 is 2.56 bits per heavy atom. The van der Waals surface area contributed by atoms with Gasteiger partial charge < -0.3 is 10.1 Å². The fourth-order valence-electron chi connectivity index (χ4n) is 6.40. The molecule has 1 atom stereocenters. The minimum Gasteiger partial charge on any atom is -0.380 e. The van der Waals surface area contributed by atoms with Gasteiger partial charge in [0, 0.05) is 50.5 Å². The summed E-state index contributed by atoms with van der Waals surface area (Å²) in [6.45, 7) is 3.46. The summed E-state index contributed by atoms with van der Waals surface area (Å²) in [5.41, 5.74) is 2.28. The summed E-state index contributed by atoms with van der Waals surface area (Å²) < 4.78 is 21.0. The van der Waals surface area contributed by atoms with Crippen molar-refractivity contribution in [3.63, 3.8) is 0 Å². The molecule has 204 valence electrons. The number of nitrogens with one attached hydrogen (secondary N) is 1. The molecule has 2 aromatic carbocycles. The summed E-state index contributed by atoms with van der Waals surface area (Å²) in [7, 11) is 0. The number of halogens is 1. The summed E-state index contributed by atoms with van der Waals surface area (Å²) in [5.74, 6) is -1.91. The van der Waals surface area contributed by atoms with Gasteiger partial charge in [0.15, 0.2) is 5.78 Å². The Labute approximate surface area is 226 Å². The summed E-state index contributed by atoms with van der Waals surface area (Å²) >= 11 is 0. The molecule has 4 aliphatic rings. The van der Waals surface area contributed by atoms with Crippen LogP contribution in [0.1, 0.15) is 76.8 Å². The largest absolute Gasteiger partial charge is 0.380 e. The van der Waals surface area contributed by atoms with Gasteiger partial charge in [0.05, 0.1) is 29.2 Å². The van der Waals surface area contributed by atoms with Crippen molar-refractivity contribution in [1.82, 2.24) is 9.80 Å². The molecule has 1 spiro atoms. The number of Topliss-reactive ketones (excluding diaryl/α,β-unsaturated/α-hetero) is 2. The van der Waals surface area contributed by atoms with Gasteiger partial charge in [0.1, 0.15) is 11.6 Å².